The lowest BCUT2D eigenvalue weighted by atomic mass is 10.00. The van der Waals surface area contributed by atoms with E-state index in [1.807, 2.05) is 0 Å². The highest BCUT2D eigenvalue weighted by atomic mass is 16.7. The van der Waals surface area contributed by atoms with Gasteiger partial charge in [-0.3, -0.25) is 4.79 Å². The molecule has 2 saturated heterocycles. The number of fused-ring (bicyclic) bond motifs is 1. The molecular formula is C27H30O14. The first-order valence-electron chi connectivity index (χ1n) is 12.8. The summed E-state index contributed by atoms with van der Waals surface area (Å²) in [6.07, 6.45) is -9.47. The van der Waals surface area contributed by atoms with Crippen molar-refractivity contribution in [2.75, 3.05) is 6.61 Å². The van der Waals surface area contributed by atoms with Gasteiger partial charge in [-0.25, -0.2) is 0 Å². The third-order valence-electron chi connectivity index (χ3n) is 7.00. The van der Waals surface area contributed by atoms with Crippen molar-refractivity contribution in [2.24, 2.45) is 0 Å². The third-order valence-corrected chi connectivity index (χ3v) is 7.00. The van der Waals surface area contributed by atoms with Crippen LogP contribution in [0.1, 0.15) is 19.8 Å². The molecule has 14 nitrogen and oxygen atoms in total. The molecule has 0 bridgehead atoms. The number of ether oxygens (including phenoxy) is 4. The zero-order chi connectivity index (χ0) is 29.6. The van der Waals surface area contributed by atoms with Gasteiger partial charge in [0.15, 0.2) is 23.5 Å². The normalized spacial score (nSPS) is 30.4. The number of phenolic OH excluding ortho intramolecular Hbond substituents is 4. The van der Waals surface area contributed by atoms with E-state index in [0.29, 0.717) is 0 Å². The summed E-state index contributed by atoms with van der Waals surface area (Å²) < 4.78 is 28.6. The number of aliphatic hydroxyl groups excluding tert-OH is 4. The van der Waals surface area contributed by atoms with Gasteiger partial charge in [0.1, 0.15) is 40.8 Å². The fourth-order valence-corrected chi connectivity index (χ4v) is 4.85. The van der Waals surface area contributed by atoms with Crippen molar-refractivity contribution in [3.8, 4) is 40.1 Å². The highest BCUT2D eigenvalue weighted by Crippen LogP contribution is 2.39. The molecule has 1 aromatic heterocycles. The first-order valence-corrected chi connectivity index (χ1v) is 12.8. The van der Waals surface area contributed by atoms with Gasteiger partial charge in [-0.05, 0) is 25.1 Å². The second-order valence-corrected chi connectivity index (χ2v) is 10.1. The van der Waals surface area contributed by atoms with Crippen molar-refractivity contribution in [1.82, 2.24) is 0 Å². The highest BCUT2D eigenvalue weighted by Gasteiger charge is 2.43. The van der Waals surface area contributed by atoms with Gasteiger partial charge in [0.25, 0.3) is 0 Å². The molecule has 2 aliphatic rings. The maximum Gasteiger partial charge on any atom is 0.239 e. The second-order valence-electron chi connectivity index (χ2n) is 10.1. The van der Waals surface area contributed by atoms with Crippen LogP contribution >= 0.6 is 0 Å². The minimum absolute atomic E-state index is 0.0830. The fraction of sp³-hybridized carbons (Fsp3) is 0.444. The number of phenols is 4. The van der Waals surface area contributed by atoms with Crippen LogP contribution in [-0.4, -0.2) is 96.7 Å². The maximum atomic E-state index is 13.5. The molecule has 0 saturated carbocycles. The smallest absolute Gasteiger partial charge is 0.239 e. The molecule has 2 aromatic carbocycles. The zero-order valence-electron chi connectivity index (χ0n) is 21.7. The molecule has 8 atom stereocenters. The maximum absolute atomic E-state index is 13.5. The Morgan fingerprint density at radius 1 is 0.878 bits per heavy atom. The molecule has 0 radical (unpaired) electrons. The van der Waals surface area contributed by atoms with Crippen LogP contribution in [0.3, 0.4) is 0 Å². The lowest BCUT2D eigenvalue weighted by molar-refractivity contribution is -0.303. The predicted molar refractivity (Wildman–Crippen MR) is 137 cm³/mol. The Morgan fingerprint density at radius 2 is 1.63 bits per heavy atom. The number of hydrogen-bond donors (Lipinski definition) is 8. The Bertz CT molecular complexity index is 1470. The molecule has 2 fully saturated rings. The van der Waals surface area contributed by atoms with E-state index in [4.69, 9.17) is 23.4 Å². The SMILES string of the molecule is CC1O[C@@H](OCC2CC(O)CC(Oc3c(-c4ccc(O)c(O)c4)oc4cc(O)cc(O)c4c3=O)O2)C(O)C(O)[C@H]1O. The van der Waals surface area contributed by atoms with Gasteiger partial charge in [-0.2, -0.15) is 0 Å². The van der Waals surface area contributed by atoms with E-state index in [0.717, 1.165) is 24.3 Å². The van der Waals surface area contributed by atoms with Gasteiger partial charge in [0.05, 0.1) is 24.9 Å². The van der Waals surface area contributed by atoms with E-state index in [9.17, 15) is 45.6 Å². The van der Waals surface area contributed by atoms with Crippen molar-refractivity contribution in [1.29, 1.82) is 0 Å². The van der Waals surface area contributed by atoms with Crippen LogP contribution in [0.15, 0.2) is 39.5 Å². The molecule has 6 unspecified atom stereocenters. The average Bonchev–Trinajstić information content (AvgIpc) is 2.91. The van der Waals surface area contributed by atoms with E-state index in [-0.39, 0.29) is 47.5 Å². The van der Waals surface area contributed by atoms with Crippen LogP contribution in [0.5, 0.6) is 28.7 Å². The zero-order valence-corrected chi connectivity index (χ0v) is 21.7. The number of benzene rings is 2. The topological polar surface area (TPSA) is 229 Å². The average molecular weight is 579 g/mol. The van der Waals surface area contributed by atoms with E-state index < -0.39 is 77.6 Å². The minimum atomic E-state index is -1.54. The molecule has 222 valence electrons. The van der Waals surface area contributed by atoms with Crippen LogP contribution in [0.25, 0.3) is 22.3 Å². The summed E-state index contributed by atoms with van der Waals surface area (Å²) in [5.41, 5.74) is -0.930. The van der Waals surface area contributed by atoms with E-state index >= 15 is 0 Å². The molecule has 14 heteroatoms. The lowest BCUT2D eigenvalue weighted by Gasteiger charge is -2.40. The van der Waals surface area contributed by atoms with Crippen LogP contribution in [0.4, 0.5) is 0 Å². The summed E-state index contributed by atoms with van der Waals surface area (Å²) in [5.74, 6) is -2.58. The number of aliphatic hydroxyl groups is 4. The first-order chi connectivity index (χ1) is 19.4. The first kappa shape index (κ1) is 28.9. The Kier molecular flexibility index (Phi) is 7.98. The molecule has 2 aliphatic heterocycles. The summed E-state index contributed by atoms with van der Waals surface area (Å²) in [7, 11) is 0. The molecule has 0 aliphatic carbocycles. The summed E-state index contributed by atoms with van der Waals surface area (Å²) >= 11 is 0. The minimum Gasteiger partial charge on any atom is -0.508 e. The Morgan fingerprint density at radius 3 is 2.37 bits per heavy atom. The molecule has 41 heavy (non-hydrogen) atoms. The van der Waals surface area contributed by atoms with E-state index in [1.54, 1.807) is 0 Å². The highest BCUT2D eigenvalue weighted by molar-refractivity contribution is 5.88. The van der Waals surface area contributed by atoms with Crippen molar-refractivity contribution in [3.05, 3.63) is 40.6 Å². The van der Waals surface area contributed by atoms with Gasteiger partial charge < -0.3 is 64.2 Å². The van der Waals surface area contributed by atoms with Crippen LogP contribution in [0, 0.1) is 0 Å². The van der Waals surface area contributed by atoms with E-state index in [1.165, 1.54) is 13.0 Å². The number of aromatic hydroxyl groups is 4. The summed E-state index contributed by atoms with van der Waals surface area (Å²) in [6.45, 7) is 1.28. The Hall–Kier alpha value is -3.63. The third kappa shape index (κ3) is 5.76. The molecular weight excluding hydrogens is 548 g/mol. The second kappa shape index (κ2) is 11.3. The van der Waals surface area contributed by atoms with Crippen molar-refractivity contribution >= 4 is 11.0 Å². The molecule has 3 heterocycles. The Labute approximate surface area is 231 Å². The van der Waals surface area contributed by atoms with Crippen molar-refractivity contribution in [2.45, 2.75) is 69.0 Å². The monoisotopic (exact) mass is 578 g/mol. The largest absolute Gasteiger partial charge is 0.508 e. The van der Waals surface area contributed by atoms with Crippen LogP contribution < -0.4 is 10.2 Å². The van der Waals surface area contributed by atoms with E-state index in [2.05, 4.69) is 0 Å². The molecule has 5 rings (SSSR count). The summed E-state index contributed by atoms with van der Waals surface area (Å²) in [4.78, 5) is 13.5. The van der Waals surface area contributed by atoms with Gasteiger partial charge in [0.2, 0.25) is 17.5 Å². The van der Waals surface area contributed by atoms with Gasteiger partial charge in [-0.1, -0.05) is 0 Å². The quantitative estimate of drug-likeness (QED) is 0.185. The molecule has 3 aromatic rings. The number of hydrogen-bond acceptors (Lipinski definition) is 14. The van der Waals surface area contributed by atoms with Crippen molar-refractivity contribution in [3.63, 3.8) is 0 Å². The standard InChI is InChI=1S/C27H30O14/c1-10-21(33)23(35)24(36)27(38-10)37-9-14-5-12(28)8-19(39-14)41-26-22(34)20-17(32)6-13(29)7-18(20)40-25(26)11-2-3-15(30)16(31)4-11/h2-4,6-7,10,12,14,19,21,23-24,27-33,35-36H,5,8-9H2,1H3/t10?,12?,14?,19?,21-,23?,24?,27+/m0/s1. The summed E-state index contributed by atoms with van der Waals surface area (Å²) in [6, 6.07) is 5.66. The summed E-state index contributed by atoms with van der Waals surface area (Å²) in [5, 5.41) is 80.3. The van der Waals surface area contributed by atoms with Crippen molar-refractivity contribution < 1.29 is 64.2 Å². The molecule has 8 N–H and O–H groups in total. The van der Waals surface area contributed by atoms with Crippen LogP contribution in [0.2, 0.25) is 0 Å². The molecule has 0 amide bonds. The van der Waals surface area contributed by atoms with Crippen LogP contribution in [-0.2, 0) is 14.2 Å². The van der Waals surface area contributed by atoms with Gasteiger partial charge >= 0.3 is 0 Å². The lowest BCUT2D eigenvalue weighted by Crippen LogP contribution is -2.57. The molecule has 0 spiro atoms. The Balaban J connectivity index is 1.42. The fourth-order valence-electron chi connectivity index (χ4n) is 4.85. The van der Waals surface area contributed by atoms with Gasteiger partial charge in [0, 0.05) is 30.5 Å². The van der Waals surface area contributed by atoms with Gasteiger partial charge in [-0.15, -0.1) is 0 Å². The predicted octanol–water partition coefficient (Wildman–Crippen LogP) is 0.371. The number of rotatable bonds is 6.